The molecule has 3 aromatic carbocycles. The highest BCUT2D eigenvalue weighted by molar-refractivity contribution is 7.89. The molecule has 8 heteroatoms. The zero-order valence-corrected chi connectivity index (χ0v) is 18.4. The largest absolute Gasteiger partial charge is 0.455 e. The molecule has 0 saturated heterocycles. The van der Waals surface area contributed by atoms with Crippen LogP contribution in [0.15, 0.2) is 71.6 Å². The molecule has 1 amide bonds. The van der Waals surface area contributed by atoms with Gasteiger partial charge in [0.15, 0.2) is 5.75 Å². The number of anilines is 2. The number of carbonyl (C=O) groups is 1. The number of rotatable bonds is 7. The minimum absolute atomic E-state index is 0.0350. The predicted octanol–water partition coefficient (Wildman–Crippen LogP) is 3.82. The Morgan fingerprint density at radius 2 is 1.68 bits per heavy atom. The van der Waals surface area contributed by atoms with E-state index in [1.807, 2.05) is 61.5 Å². The van der Waals surface area contributed by atoms with E-state index in [1.165, 1.54) is 12.1 Å². The number of sulfonamides is 1. The molecule has 0 fully saturated rings. The lowest BCUT2D eigenvalue weighted by Crippen LogP contribution is -2.30. The summed E-state index contributed by atoms with van der Waals surface area (Å²) in [5.74, 6) is 1.01. The van der Waals surface area contributed by atoms with Crippen molar-refractivity contribution in [3.05, 3.63) is 77.9 Å². The third-order valence-corrected chi connectivity index (χ3v) is 5.76. The number of ether oxygens (including phenoxy) is 1. The summed E-state index contributed by atoms with van der Waals surface area (Å²) >= 11 is 0. The summed E-state index contributed by atoms with van der Waals surface area (Å²) in [7, 11) is -2.10. The summed E-state index contributed by atoms with van der Waals surface area (Å²) in [5.41, 5.74) is 2.65. The van der Waals surface area contributed by atoms with Crippen LogP contribution in [-0.2, 0) is 14.8 Å². The van der Waals surface area contributed by atoms with Crippen molar-refractivity contribution in [1.29, 1.82) is 0 Å². The summed E-state index contributed by atoms with van der Waals surface area (Å²) in [6.07, 6.45) is 0. The van der Waals surface area contributed by atoms with Gasteiger partial charge in [-0.25, -0.2) is 13.6 Å². The molecular formula is C23H25N3O4S. The molecule has 0 heterocycles. The second-order valence-corrected chi connectivity index (χ2v) is 8.81. The molecule has 0 aliphatic heterocycles. The number of hydrogen-bond acceptors (Lipinski definition) is 5. The van der Waals surface area contributed by atoms with Crippen LogP contribution in [-0.4, -0.2) is 27.9 Å². The van der Waals surface area contributed by atoms with Crippen molar-refractivity contribution in [3.63, 3.8) is 0 Å². The Balaban J connectivity index is 1.77. The van der Waals surface area contributed by atoms with E-state index in [0.717, 1.165) is 16.8 Å². The number of nitrogens with zero attached hydrogens (tertiary/aromatic N) is 1. The van der Waals surface area contributed by atoms with Crippen molar-refractivity contribution in [3.8, 4) is 11.5 Å². The topological polar surface area (TPSA) is 102 Å². The van der Waals surface area contributed by atoms with Gasteiger partial charge in [0, 0.05) is 12.7 Å². The van der Waals surface area contributed by atoms with Crippen molar-refractivity contribution in [2.75, 3.05) is 23.8 Å². The first-order valence-electron chi connectivity index (χ1n) is 9.62. The van der Waals surface area contributed by atoms with E-state index in [2.05, 4.69) is 5.32 Å². The van der Waals surface area contributed by atoms with Crippen LogP contribution >= 0.6 is 0 Å². The third-order valence-electron chi connectivity index (χ3n) is 4.87. The number of carbonyl (C=O) groups excluding carboxylic acids is 1. The highest BCUT2D eigenvalue weighted by Crippen LogP contribution is 2.31. The van der Waals surface area contributed by atoms with E-state index >= 15 is 0 Å². The molecule has 0 aliphatic carbocycles. The van der Waals surface area contributed by atoms with Gasteiger partial charge in [-0.1, -0.05) is 30.3 Å². The Kier molecular flexibility index (Phi) is 6.62. The van der Waals surface area contributed by atoms with E-state index in [-0.39, 0.29) is 17.3 Å². The first kappa shape index (κ1) is 22.3. The average Bonchev–Trinajstić information content (AvgIpc) is 2.71. The maximum atomic E-state index is 12.7. The highest BCUT2D eigenvalue weighted by Gasteiger charge is 2.16. The average molecular weight is 440 g/mol. The van der Waals surface area contributed by atoms with Crippen LogP contribution < -0.4 is 20.1 Å². The Bertz CT molecular complexity index is 1190. The van der Waals surface area contributed by atoms with E-state index in [0.29, 0.717) is 17.2 Å². The first-order chi connectivity index (χ1) is 14.6. The number of primary sulfonamides is 1. The minimum atomic E-state index is -3.88. The monoisotopic (exact) mass is 439 g/mol. The van der Waals surface area contributed by atoms with E-state index in [9.17, 15) is 13.2 Å². The maximum absolute atomic E-state index is 12.7. The van der Waals surface area contributed by atoms with Crippen LogP contribution in [0.2, 0.25) is 0 Å². The summed E-state index contributed by atoms with van der Waals surface area (Å²) in [6, 6.07) is 19.7. The van der Waals surface area contributed by atoms with Gasteiger partial charge < -0.3 is 15.0 Å². The normalized spacial score (nSPS) is 11.1. The standard InChI is InChI=1S/C23H25N3O4S/c1-16-13-19(31(24,28)29)14-20(17(16)2)25-23(27)15-26(3)21-11-7-8-12-22(21)30-18-9-5-4-6-10-18/h4-14H,15H2,1-3H3,(H,25,27)(H2,24,28,29). The maximum Gasteiger partial charge on any atom is 0.243 e. The molecule has 0 atom stereocenters. The first-order valence-corrected chi connectivity index (χ1v) is 11.2. The Morgan fingerprint density at radius 3 is 2.35 bits per heavy atom. The molecule has 0 saturated carbocycles. The Morgan fingerprint density at radius 1 is 1.03 bits per heavy atom. The molecule has 31 heavy (non-hydrogen) atoms. The number of para-hydroxylation sites is 3. The fraction of sp³-hybridized carbons (Fsp3) is 0.174. The van der Waals surface area contributed by atoms with Crippen LogP contribution in [0.25, 0.3) is 0 Å². The summed E-state index contributed by atoms with van der Waals surface area (Å²) in [6.45, 7) is 3.61. The van der Waals surface area contributed by atoms with Crippen LogP contribution in [0, 0.1) is 13.8 Å². The molecule has 3 aromatic rings. The molecule has 162 valence electrons. The zero-order chi connectivity index (χ0) is 22.6. The second kappa shape index (κ2) is 9.20. The number of aryl methyl sites for hydroxylation is 1. The van der Waals surface area contributed by atoms with Gasteiger partial charge in [0.2, 0.25) is 15.9 Å². The van der Waals surface area contributed by atoms with Gasteiger partial charge in [-0.15, -0.1) is 0 Å². The molecule has 0 radical (unpaired) electrons. The molecule has 7 nitrogen and oxygen atoms in total. The van der Waals surface area contributed by atoms with Gasteiger partial charge in [0.25, 0.3) is 0 Å². The Hall–Kier alpha value is -3.36. The predicted molar refractivity (Wildman–Crippen MR) is 122 cm³/mol. The molecule has 3 rings (SSSR count). The smallest absolute Gasteiger partial charge is 0.243 e. The van der Waals surface area contributed by atoms with Crippen molar-refractivity contribution in [2.24, 2.45) is 5.14 Å². The highest BCUT2D eigenvalue weighted by atomic mass is 32.2. The summed E-state index contributed by atoms with van der Waals surface area (Å²) in [5, 5.41) is 8.04. The van der Waals surface area contributed by atoms with Crippen molar-refractivity contribution < 1.29 is 17.9 Å². The van der Waals surface area contributed by atoms with Gasteiger partial charge in [-0.3, -0.25) is 4.79 Å². The van der Waals surface area contributed by atoms with Crippen LogP contribution in [0.3, 0.4) is 0 Å². The third kappa shape index (κ3) is 5.62. The quantitative estimate of drug-likeness (QED) is 0.583. The SMILES string of the molecule is Cc1cc(S(N)(=O)=O)cc(NC(=O)CN(C)c2ccccc2Oc2ccccc2)c1C. The van der Waals surface area contributed by atoms with E-state index in [1.54, 1.807) is 18.9 Å². The summed E-state index contributed by atoms with van der Waals surface area (Å²) < 4.78 is 29.4. The van der Waals surface area contributed by atoms with Gasteiger partial charge in [-0.2, -0.15) is 0 Å². The number of amides is 1. The van der Waals surface area contributed by atoms with E-state index < -0.39 is 10.0 Å². The molecular weight excluding hydrogens is 414 g/mol. The second-order valence-electron chi connectivity index (χ2n) is 7.24. The fourth-order valence-electron chi connectivity index (χ4n) is 3.08. The van der Waals surface area contributed by atoms with Gasteiger partial charge in [-0.05, 0) is 61.4 Å². The number of nitrogens with two attached hydrogens (primary N) is 1. The van der Waals surface area contributed by atoms with Crippen LogP contribution in [0.4, 0.5) is 11.4 Å². The molecule has 0 bridgehead atoms. The van der Waals surface area contributed by atoms with E-state index in [4.69, 9.17) is 9.88 Å². The lowest BCUT2D eigenvalue weighted by Gasteiger charge is -2.22. The Labute approximate surface area is 182 Å². The number of hydrogen-bond donors (Lipinski definition) is 2. The molecule has 0 spiro atoms. The minimum Gasteiger partial charge on any atom is -0.455 e. The van der Waals surface area contributed by atoms with Crippen LogP contribution in [0.1, 0.15) is 11.1 Å². The summed E-state index contributed by atoms with van der Waals surface area (Å²) in [4.78, 5) is 14.4. The molecule has 0 aromatic heterocycles. The molecule has 3 N–H and O–H groups in total. The van der Waals surface area contributed by atoms with Gasteiger partial charge in [0.1, 0.15) is 5.75 Å². The zero-order valence-electron chi connectivity index (χ0n) is 17.6. The number of likely N-dealkylation sites (N-methyl/N-ethyl adjacent to an activating group) is 1. The lowest BCUT2D eigenvalue weighted by molar-refractivity contribution is -0.114. The van der Waals surface area contributed by atoms with Crippen molar-refractivity contribution in [2.45, 2.75) is 18.7 Å². The van der Waals surface area contributed by atoms with Crippen molar-refractivity contribution in [1.82, 2.24) is 0 Å². The molecule has 0 aliphatic rings. The fourth-order valence-corrected chi connectivity index (χ4v) is 3.71. The van der Waals surface area contributed by atoms with Crippen LogP contribution in [0.5, 0.6) is 11.5 Å². The van der Waals surface area contributed by atoms with Gasteiger partial charge >= 0.3 is 0 Å². The number of benzene rings is 3. The lowest BCUT2D eigenvalue weighted by atomic mass is 10.1. The van der Waals surface area contributed by atoms with Crippen molar-refractivity contribution >= 4 is 27.3 Å². The van der Waals surface area contributed by atoms with Gasteiger partial charge in [0.05, 0.1) is 17.1 Å². The number of nitrogens with one attached hydrogen (secondary N) is 1. The molecule has 0 unspecified atom stereocenters.